The molecule has 1 saturated heterocycles. The van der Waals surface area contributed by atoms with Crippen LogP contribution < -0.4 is 0 Å². The molecule has 1 aliphatic heterocycles. The fourth-order valence-electron chi connectivity index (χ4n) is 3.71. The van der Waals surface area contributed by atoms with Gasteiger partial charge in [0.05, 0.1) is 17.8 Å². The summed E-state index contributed by atoms with van der Waals surface area (Å²) in [6, 6.07) is -0.119. The average molecular weight is 295 g/mol. The van der Waals surface area contributed by atoms with Crippen molar-refractivity contribution in [3.8, 4) is 0 Å². The zero-order valence-electron chi connectivity index (χ0n) is 13.0. The van der Waals surface area contributed by atoms with E-state index in [1.165, 1.54) is 4.90 Å². The van der Waals surface area contributed by atoms with Gasteiger partial charge in [-0.15, -0.1) is 0 Å². The molecule has 5 nitrogen and oxygen atoms in total. The summed E-state index contributed by atoms with van der Waals surface area (Å²) in [4.78, 5) is 37.0. The van der Waals surface area contributed by atoms with Crippen LogP contribution in [0.3, 0.4) is 0 Å². The minimum Gasteiger partial charge on any atom is -0.481 e. The number of fused-ring (bicyclic) bond motifs is 1. The molecular weight excluding hydrogens is 270 g/mol. The Morgan fingerprint density at radius 1 is 1.19 bits per heavy atom. The molecule has 0 aromatic rings. The smallest absolute Gasteiger partial charge is 0.306 e. The lowest BCUT2D eigenvalue weighted by Gasteiger charge is -2.24. The first kappa shape index (κ1) is 16.0. The van der Waals surface area contributed by atoms with Gasteiger partial charge in [-0.05, 0) is 38.5 Å². The van der Waals surface area contributed by atoms with Crippen LogP contribution in [0.15, 0.2) is 0 Å². The SMILES string of the molecule is CC1CC2C(=O)N(C(C)CCCC(C)C(=O)O)C(=O)C2C1. The van der Waals surface area contributed by atoms with Gasteiger partial charge in [0, 0.05) is 6.04 Å². The van der Waals surface area contributed by atoms with Gasteiger partial charge in [0.15, 0.2) is 0 Å². The van der Waals surface area contributed by atoms with E-state index in [0.29, 0.717) is 18.8 Å². The van der Waals surface area contributed by atoms with Crippen LogP contribution in [0, 0.1) is 23.7 Å². The molecule has 118 valence electrons. The number of carboxylic acid groups (broad SMARTS) is 1. The number of amides is 2. The summed E-state index contributed by atoms with van der Waals surface area (Å²) in [5.74, 6) is -0.925. The van der Waals surface area contributed by atoms with Crippen LogP contribution in [0.5, 0.6) is 0 Å². The van der Waals surface area contributed by atoms with Gasteiger partial charge >= 0.3 is 5.97 Å². The number of rotatable bonds is 6. The number of carbonyl (C=O) groups is 3. The predicted molar refractivity (Wildman–Crippen MR) is 77.3 cm³/mol. The highest BCUT2D eigenvalue weighted by Crippen LogP contribution is 2.43. The van der Waals surface area contributed by atoms with Crippen molar-refractivity contribution in [1.82, 2.24) is 4.90 Å². The van der Waals surface area contributed by atoms with Crippen LogP contribution in [0.1, 0.15) is 52.9 Å². The summed E-state index contributed by atoms with van der Waals surface area (Å²) in [5.41, 5.74) is 0. The summed E-state index contributed by atoms with van der Waals surface area (Å²) in [5, 5.41) is 8.86. The number of aliphatic carboxylic acids is 1. The number of carboxylic acids is 1. The maximum Gasteiger partial charge on any atom is 0.306 e. The Kier molecular flexibility index (Phi) is 4.69. The van der Waals surface area contributed by atoms with Crippen LogP contribution in [0.25, 0.3) is 0 Å². The molecule has 0 radical (unpaired) electrons. The number of carbonyl (C=O) groups excluding carboxylic acids is 2. The van der Waals surface area contributed by atoms with Crippen molar-refractivity contribution in [1.29, 1.82) is 0 Å². The molecule has 4 atom stereocenters. The quantitative estimate of drug-likeness (QED) is 0.763. The first-order valence-electron chi connectivity index (χ1n) is 7.92. The first-order chi connectivity index (χ1) is 9.82. The van der Waals surface area contributed by atoms with E-state index in [0.717, 1.165) is 19.3 Å². The third-order valence-corrected chi connectivity index (χ3v) is 5.03. The maximum absolute atomic E-state index is 12.4. The van der Waals surface area contributed by atoms with Crippen LogP contribution in [-0.4, -0.2) is 33.8 Å². The molecule has 2 aliphatic rings. The van der Waals surface area contributed by atoms with E-state index < -0.39 is 5.97 Å². The minimum absolute atomic E-state index is 0.00636. The van der Waals surface area contributed by atoms with Gasteiger partial charge in [-0.25, -0.2) is 0 Å². The molecular formula is C16H25NO4. The second kappa shape index (κ2) is 6.16. The van der Waals surface area contributed by atoms with E-state index in [9.17, 15) is 14.4 Å². The fourth-order valence-corrected chi connectivity index (χ4v) is 3.71. The van der Waals surface area contributed by atoms with E-state index >= 15 is 0 Å². The number of hydrogen-bond donors (Lipinski definition) is 1. The van der Waals surface area contributed by atoms with Gasteiger partial charge in [0.1, 0.15) is 0 Å². The van der Waals surface area contributed by atoms with E-state index in [-0.39, 0.29) is 35.6 Å². The molecule has 1 saturated carbocycles. The molecule has 1 aliphatic carbocycles. The second-order valence-corrected chi connectivity index (χ2v) is 6.86. The molecule has 2 fully saturated rings. The van der Waals surface area contributed by atoms with Gasteiger partial charge in [0.25, 0.3) is 0 Å². The zero-order chi connectivity index (χ0) is 15.7. The summed E-state index contributed by atoms with van der Waals surface area (Å²) >= 11 is 0. The second-order valence-electron chi connectivity index (χ2n) is 6.86. The van der Waals surface area contributed by atoms with Gasteiger partial charge in [-0.1, -0.05) is 20.3 Å². The van der Waals surface area contributed by atoms with Crippen molar-refractivity contribution < 1.29 is 19.5 Å². The normalized spacial score (nSPS) is 31.4. The molecule has 0 aromatic heterocycles. The van der Waals surface area contributed by atoms with Crippen molar-refractivity contribution in [2.75, 3.05) is 0 Å². The summed E-state index contributed by atoms with van der Waals surface area (Å²) in [7, 11) is 0. The molecule has 0 aromatic carbocycles. The zero-order valence-corrected chi connectivity index (χ0v) is 13.0. The summed E-state index contributed by atoms with van der Waals surface area (Å²) < 4.78 is 0. The maximum atomic E-state index is 12.4. The van der Waals surface area contributed by atoms with Crippen LogP contribution >= 0.6 is 0 Å². The Hall–Kier alpha value is -1.39. The van der Waals surface area contributed by atoms with Gasteiger partial charge in [-0.3, -0.25) is 19.3 Å². The largest absolute Gasteiger partial charge is 0.481 e. The molecule has 0 spiro atoms. The highest BCUT2D eigenvalue weighted by Gasteiger charge is 2.52. The van der Waals surface area contributed by atoms with Crippen LogP contribution in [0.2, 0.25) is 0 Å². The molecule has 4 unspecified atom stereocenters. The van der Waals surface area contributed by atoms with Gasteiger partial charge in [-0.2, -0.15) is 0 Å². The van der Waals surface area contributed by atoms with Crippen molar-refractivity contribution >= 4 is 17.8 Å². The first-order valence-corrected chi connectivity index (χ1v) is 7.92. The fraction of sp³-hybridized carbons (Fsp3) is 0.812. The Morgan fingerprint density at radius 3 is 2.19 bits per heavy atom. The molecule has 2 amide bonds. The number of likely N-dealkylation sites (tertiary alicyclic amines) is 1. The molecule has 2 rings (SSSR count). The van der Waals surface area contributed by atoms with E-state index in [4.69, 9.17) is 5.11 Å². The van der Waals surface area contributed by atoms with E-state index in [1.807, 2.05) is 6.92 Å². The Balaban J connectivity index is 1.89. The van der Waals surface area contributed by atoms with E-state index in [2.05, 4.69) is 6.92 Å². The highest BCUT2D eigenvalue weighted by atomic mass is 16.4. The Labute approximate surface area is 125 Å². The lowest BCUT2D eigenvalue weighted by molar-refractivity contribution is -0.144. The van der Waals surface area contributed by atoms with Crippen molar-refractivity contribution in [2.45, 2.75) is 58.9 Å². The van der Waals surface area contributed by atoms with Crippen LogP contribution in [-0.2, 0) is 14.4 Å². The molecule has 0 bridgehead atoms. The molecule has 1 N–H and O–H groups in total. The molecule has 5 heteroatoms. The van der Waals surface area contributed by atoms with Crippen molar-refractivity contribution in [3.05, 3.63) is 0 Å². The Bertz CT molecular complexity index is 424. The molecule has 21 heavy (non-hydrogen) atoms. The minimum atomic E-state index is -0.792. The summed E-state index contributed by atoms with van der Waals surface area (Å²) in [6.45, 7) is 5.68. The van der Waals surface area contributed by atoms with Crippen molar-refractivity contribution in [2.24, 2.45) is 23.7 Å². The third kappa shape index (κ3) is 3.11. The lowest BCUT2D eigenvalue weighted by Crippen LogP contribution is -2.39. The van der Waals surface area contributed by atoms with E-state index in [1.54, 1.807) is 6.92 Å². The summed E-state index contributed by atoms with van der Waals surface area (Å²) in [6.07, 6.45) is 3.64. The van der Waals surface area contributed by atoms with Crippen LogP contribution in [0.4, 0.5) is 0 Å². The number of imide groups is 1. The third-order valence-electron chi connectivity index (χ3n) is 5.03. The van der Waals surface area contributed by atoms with Gasteiger partial charge in [0.2, 0.25) is 11.8 Å². The highest BCUT2D eigenvalue weighted by molar-refractivity contribution is 6.05. The molecule has 1 heterocycles. The number of nitrogens with zero attached hydrogens (tertiary/aromatic N) is 1. The van der Waals surface area contributed by atoms with Gasteiger partial charge < -0.3 is 5.11 Å². The predicted octanol–water partition coefficient (Wildman–Crippen LogP) is 2.30. The standard InChI is InChI=1S/C16H25NO4/c1-9-7-12-13(8-9)15(19)17(14(12)18)11(3)6-4-5-10(2)16(20)21/h9-13H,4-8H2,1-3H3,(H,20,21). The van der Waals surface area contributed by atoms with Crippen molar-refractivity contribution in [3.63, 3.8) is 0 Å². The monoisotopic (exact) mass is 295 g/mol. The lowest BCUT2D eigenvalue weighted by atomic mass is 10.00. The topological polar surface area (TPSA) is 74.7 Å². The average Bonchev–Trinajstić information content (AvgIpc) is 2.89. The number of hydrogen-bond acceptors (Lipinski definition) is 3. The Morgan fingerprint density at radius 2 is 1.71 bits per heavy atom.